The van der Waals surface area contributed by atoms with Gasteiger partial charge in [0, 0.05) is 25.3 Å². The first-order chi connectivity index (χ1) is 9.36. The highest BCUT2D eigenvalue weighted by molar-refractivity contribution is 7.16. The molecule has 1 rings (SSSR count). The molecule has 1 aromatic rings. The maximum absolute atomic E-state index is 5.08. The van der Waals surface area contributed by atoms with E-state index < -0.39 is 0 Å². The molecule has 0 bridgehead atoms. The van der Waals surface area contributed by atoms with Crippen molar-refractivity contribution in [3.05, 3.63) is 29.8 Å². The van der Waals surface area contributed by atoms with Crippen LogP contribution in [-0.4, -0.2) is 57.6 Å². The Hall–Kier alpha value is -1.12. The molecular formula is C15H26N3OP. The molecule has 0 spiro atoms. The van der Waals surface area contributed by atoms with Crippen LogP contribution in [0, 0.1) is 0 Å². The number of hydrogen-bond acceptors (Lipinski definition) is 4. The monoisotopic (exact) mass is 295 g/mol. The van der Waals surface area contributed by atoms with Gasteiger partial charge in [-0.2, -0.15) is 0 Å². The van der Waals surface area contributed by atoms with Gasteiger partial charge >= 0.3 is 0 Å². The lowest BCUT2D eigenvalue weighted by atomic mass is 9.90. The largest absolute Gasteiger partial charge is 0.399 e. The average molecular weight is 295 g/mol. The normalized spacial score (nSPS) is 15.1. The average Bonchev–Trinajstić information content (AvgIpc) is 2.43. The van der Waals surface area contributed by atoms with Gasteiger partial charge in [0.1, 0.15) is 12.8 Å². The molecule has 5 heteroatoms. The second-order valence-corrected chi connectivity index (χ2v) is 5.84. The zero-order chi connectivity index (χ0) is 15.3. The Bertz CT molecular complexity index is 457. The predicted octanol–water partition coefficient (Wildman–Crippen LogP) is 2.30. The van der Waals surface area contributed by atoms with Crippen molar-refractivity contribution in [2.45, 2.75) is 12.5 Å². The van der Waals surface area contributed by atoms with Gasteiger partial charge in [0.25, 0.3) is 0 Å². The van der Waals surface area contributed by atoms with Crippen LogP contribution in [0.4, 0.5) is 5.69 Å². The van der Waals surface area contributed by atoms with E-state index in [1.165, 1.54) is 5.69 Å². The minimum Gasteiger partial charge on any atom is -0.399 e. The maximum atomic E-state index is 5.08. The van der Waals surface area contributed by atoms with Crippen LogP contribution in [0.15, 0.2) is 29.4 Å². The summed E-state index contributed by atoms with van der Waals surface area (Å²) in [5.41, 5.74) is 2.99. The van der Waals surface area contributed by atoms with E-state index in [9.17, 15) is 0 Å². The van der Waals surface area contributed by atoms with Crippen molar-refractivity contribution in [1.82, 2.24) is 4.90 Å². The zero-order valence-corrected chi connectivity index (χ0v) is 14.5. The molecule has 0 saturated carbocycles. The van der Waals surface area contributed by atoms with Gasteiger partial charge in [-0.05, 0) is 39.3 Å². The summed E-state index contributed by atoms with van der Waals surface area (Å²) in [5.74, 6) is 0. The summed E-state index contributed by atoms with van der Waals surface area (Å²) in [6.45, 7) is 2.16. The molecule has 2 unspecified atom stereocenters. The van der Waals surface area contributed by atoms with Crippen LogP contribution in [0.25, 0.3) is 0 Å². The fourth-order valence-corrected chi connectivity index (χ4v) is 2.52. The minimum absolute atomic E-state index is 0.194. The third kappa shape index (κ3) is 3.50. The predicted molar refractivity (Wildman–Crippen MR) is 91.0 cm³/mol. The molecule has 0 amide bonds. The summed E-state index contributed by atoms with van der Waals surface area (Å²) in [5, 5.41) is 4.28. The Balaban J connectivity index is 3.24. The molecule has 0 saturated heterocycles. The molecule has 0 radical (unpaired) electrons. The first kappa shape index (κ1) is 16.9. The number of rotatable bonds is 6. The van der Waals surface area contributed by atoms with Crippen molar-refractivity contribution in [2.75, 3.05) is 46.4 Å². The molecular weight excluding hydrogens is 269 g/mol. The van der Waals surface area contributed by atoms with E-state index in [0.29, 0.717) is 0 Å². The third-order valence-electron chi connectivity index (χ3n) is 3.73. The van der Waals surface area contributed by atoms with Crippen molar-refractivity contribution < 1.29 is 4.84 Å². The summed E-state index contributed by atoms with van der Waals surface area (Å²) in [6, 6.07) is 8.38. The first-order valence-electron chi connectivity index (χ1n) is 6.63. The molecule has 20 heavy (non-hydrogen) atoms. The second kappa shape index (κ2) is 7.05. The minimum atomic E-state index is -0.194. The molecule has 0 aromatic heterocycles. The second-order valence-electron chi connectivity index (χ2n) is 5.44. The molecule has 4 nitrogen and oxygen atoms in total. The van der Waals surface area contributed by atoms with Crippen molar-refractivity contribution in [1.29, 1.82) is 0 Å². The van der Waals surface area contributed by atoms with Crippen LogP contribution in [0.3, 0.4) is 0 Å². The standard InChI is InChI=1S/C15H26N3OP/c1-15(11-20,18(4)5)14(16-19-6)12-7-9-13(10-8-12)17(2)3/h7-10H,11,20H2,1-6H3/b16-14-. The van der Waals surface area contributed by atoms with Crippen LogP contribution >= 0.6 is 9.24 Å². The topological polar surface area (TPSA) is 28.1 Å². The van der Waals surface area contributed by atoms with E-state index in [4.69, 9.17) is 4.84 Å². The molecule has 0 aliphatic heterocycles. The lowest BCUT2D eigenvalue weighted by Crippen LogP contribution is -2.50. The molecule has 2 atom stereocenters. The highest BCUT2D eigenvalue weighted by Crippen LogP contribution is 2.24. The summed E-state index contributed by atoms with van der Waals surface area (Å²) in [4.78, 5) is 9.32. The number of oxime groups is 1. The number of hydrogen-bond donors (Lipinski definition) is 0. The summed E-state index contributed by atoms with van der Waals surface area (Å²) in [7, 11) is 12.6. The lowest BCUT2D eigenvalue weighted by molar-refractivity contribution is 0.201. The summed E-state index contributed by atoms with van der Waals surface area (Å²) >= 11 is 0. The molecule has 0 aliphatic carbocycles. The smallest absolute Gasteiger partial charge is 0.107 e. The number of anilines is 1. The molecule has 112 valence electrons. The molecule has 0 aliphatic rings. The summed E-state index contributed by atoms with van der Waals surface area (Å²) < 4.78 is 0. The van der Waals surface area contributed by atoms with Gasteiger partial charge in [0.2, 0.25) is 0 Å². The van der Waals surface area contributed by atoms with Crippen molar-refractivity contribution in [3.63, 3.8) is 0 Å². The Morgan fingerprint density at radius 3 is 2.10 bits per heavy atom. The third-order valence-corrected chi connectivity index (χ3v) is 4.53. The van der Waals surface area contributed by atoms with Crippen molar-refractivity contribution in [3.8, 4) is 0 Å². The van der Waals surface area contributed by atoms with E-state index >= 15 is 0 Å². The fourth-order valence-electron chi connectivity index (χ4n) is 1.96. The molecule has 0 N–H and O–H groups in total. The van der Waals surface area contributed by atoms with E-state index in [-0.39, 0.29) is 5.54 Å². The first-order valence-corrected chi connectivity index (χ1v) is 7.45. The van der Waals surface area contributed by atoms with Gasteiger partial charge in [-0.25, -0.2) is 0 Å². The number of benzene rings is 1. The quantitative estimate of drug-likeness (QED) is 0.458. The lowest BCUT2D eigenvalue weighted by Gasteiger charge is -2.36. The van der Waals surface area contributed by atoms with Crippen molar-refractivity contribution in [2.24, 2.45) is 5.16 Å². The van der Waals surface area contributed by atoms with E-state index in [1.54, 1.807) is 7.11 Å². The van der Waals surface area contributed by atoms with E-state index in [0.717, 1.165) is 17.4 Å². The fraction of sp³-hybridized carbons (Fsp3) is 0.533. The van der Waals surface area contributed by atoms with E-state index in [1.807, 2.05) is 14.1 Å². The van der Waals surface area contributed by atoms with Crippen LogP contribution in [-0.2, 0) is 4.84 Å². The van der Waals surface area contributed by atoms with Gasteiger partial charge in [0.15, 0.2) is 0 Å². The van der Waals surface area contributed by atoms with Gasteiger partial charge in [-0.3, -0.25) is 4.90 Å². The Kier molecular flexibility index (Phi) is 5.97. The van der Waals surface area contributed by atoms with Gasteiger partial charge in [-0.15, -0.1) is 9.24 Å². The van der Waals surface area contributed by atoms with E-state index in [2.05, 4.69) is 69.5 Å². The van der Waals surface area contributed by atoms with Crippen LogP contribution in [0.1, 0.15) is 12.5 Å². The Labute approximate surface area is 125 Å². The van der Waals surface area contributed by atoms with Crippen molar-refractivity contribution >= 4 is 20.6 Å². The van der Waals surface area contributed by atoms with Crippen LogP contribution in [0.5, 0.6) is 0 Å². The van der Waals surface area contributed by atoms with Gasteiger partial charge < -0.3 is 9.74 Å². The highest BCUT2D eigenvalue weighted by atomic mass is 31.0. The molecule has 0 fully saturated rings. The highest BCUT2D eigenvalue weighted by Gasteiger charge is 2.33. The Morgan fingerprint density at radius 2 is 1.75 bits per heavy atom. The van der Waals surface area contributed by atoms with Gasteiger partial charge in [0.05, 0.1) is 5.54 Å². The number of likely N-dealkylation sites (N-methyl/N-ethyl adjacent to an activating group) is 1. The maximum Gasteiger partial charge on any atom is 0.107 e. The van der Waals surface area contributed by atoms with Gasteiger partial charge in [-0.1, -0.05) is 17.3 Å². The van der Waals surface area contributed by atoms with Crippen LogP contribution in [0.2, 0.25) is 0 Å². The molecule has 0 heterocycles. The zero-order valence-electron chi connectivity index (χ0n) is 13.3. The number of nitrogens with zero attached hydrogens (tertiary/aromatic N) is 3. The molecule has 1 aromatic carbocycles. The Morgan fingerprint density at radius 1 is 1.20 bits per heavy atom. The van der Waals surface area contributed by atoms with Crippen LogP contribution < -0.4 is 4.90 Å². The summed E-state index contributed by atoms with van der Waals surface area (Å²) in [6.07, 6.45) is 0.873. The SMILES string of the molecule is CO/N=C(/c1ccc(N(C)C)cc1)C(C)(CP)N(C)C.